The number of aliphatic hydroxyl groups excluding tert-OH is 1. The molecule has 14 heavy (non-hydrogen) atoms. The van der Waals surface area contributed by atoms with E-state index in [0.717, 1.165) is 16.7 Å². The van der Waals surface area contributed by atoms with E-state index in [2.05, 4.69) is 4.98 Å². The molecular formula is C12H11NO. The zero-order valence-electron chi connectivity index (χ0n) is 7.72. The number of benzene rings is 1. The molecule has 0 saturated heterocycles. The van der Waals surface area contributed by atoms with Crippen LogP contribution in [0.15, 0.2) is 48.8 Å². The lowest BCUT2D eigenvalue weighted by Gasteiger charge is -2.05. The monoisotopic (exact) mass is 185 g/mol. The second-order valence-electron chi connectivity index (χ2n) is 3.06. The molecule has 0 aliphatic rings. The minimum absolute atomic E-state index is 0.0259. The Kier molecular flexibility index (Phi) is 2.56. The lowest BCUT2D eigenvalue weighted by molar-refractivity contribution is 0.282. The van der Waals surface area contributed by atoms with Crippen LogP contribution in [0.2, 0.25) is 0 Å². The summed E-state index contributed by atoms with van der Waals surface area (Å²) < 4.78 is 0. The van der Waals surface area contributed by atoms with Gasteiger partial charge in [0.25, 0.3) is 0 Å². The minimum Gasteiger partial charge on any atom is -0.392 e. The third-order valence-electron chi connectivity index (χ3n) is 2.16. The number of hydrogen-bond acceptors (Lipinski definition) is 2. The van der Waals surface area contributed by atoms with E-state index in [1.165, 1.54) is 0 Å². The van der Waals surface area contributed by atoms with Crippen molar-refractivity contribution < 1.29 is 5.11 Å². The van der Waals surface area contributed by atoms with E-state index in [1.807, 2.05) is 36.4 Å². The van der Waals surface area contributed by atoms with Gasteiger partial charge in [0.15, 0.2) is 0 Å². The summed E-state index contributed by atoms with van der Waals surface area (Å²) in [6, 6.07) is 11.9. The predicted octanol–water partition coefficient (Wildman–Crippen LogP) is 2.24. The molecule has 0 bridgehead atoms. The first-order valence-electron chi connectivity index (χ1n) is 4.51. The van der Waals surface area contributed by atoms with Gasteiger partial charge in [-0.05, 0) is 17.2 Å². The zero-order valence-corrected chi connectivity index (χ0v) is 7.72. The molecule has 1 aromatic carbocycles. The van der Waals surface area contributed by atoms with E-state index in [9.17, 15) is 0 Å². The average molecular weight is 185 g/mol. The van der Waals surface area contributed by atoms with E-state index < -0.39 is 0 Å². The number of pyridine rings is 1. The highest BCUT2D eigenvalue weighted by Gasteiger charge is 2.02. The smallest absolute Gasteiger partial charge is 0.0702 e. The van der Waals surface area contributed by atoms with Crippen LogP contribution in [-0.2, 0) is 6.61 Å². The molecule has 0 fully saturated rings. The summed E-state index contributed by atoms with van der Waals surface area (Å²) >= 11 is 0. The molecular weight excluding hydrogens is 174 g/mol. The van der Waals surface area contributed by atoms with Gasteiger partial charge in [-0.1, -0.05) is 30.3 Å². The van der Waals surface area contributed by atoms with Crippen LogP contribution in [0, 0.1) is 0 Å². The lowest BCUT2D eigenvalue weighted by Crippen LogP contribution is -1.89. The van der Waals surface area contributed by atoms with Gasteiger partial charge in [0, 0.05) is 18.0 Å². The summed E-state index contributed by atoms with van der Waals surface area (Å²) in [6.45, 7) is 0.0259. The fourth-order valence-corrected chi connectivity index (χ4v) is 1.45. The van der Waals surface area contributed by atoms with Crippen molar-refractivity contribution in [2.24, 2.45) is 0 Å². The highest BCUT2D eigenvalue weighted by Crippen LogP contribution is 2.22. The van der Waals surface area contributed by atoms with Gasteiger partial charge in [-0.3, -0.25) is 4.98 Å². The van der Waals surface area contributed by atoms with Crippen LogP contribution in [0.4, 0.5) is 0 Å². The summed E-state index contributed by atoms with van der Waals surface area (Å²) in [5, 5.41) is 9.14. The summed E-state index contributed by atoms with van der Waals surface area (Å²) in [6.07, 6.45) is 3.43. The topological polar surface area (TPSA) is 33.1 Å². The second kappa shape index (κ2) is 4.03. The van der Waals surface area contributed by atoms with Crippen LogP contribution < -0.4 is 0 Å². The van der Waals surface area contributed by atoms with Crippen LogP contribution in [0.5, 0.6) is 0 Å². The SMILES string of the molecule is OCc1cnccc1-c1ccccc1. The van der Waals surface area contributed by atoms with Crippen molar-refractivity contribution in [1.29, 1.82) is 0 Å². The van der Waals surface area contributed by atoms with Crippen LogP contribution >= 0.6 is 0 Å². The summed E-state index contributed by atoms with van der Waals surface area (Å²) in [4.78, 5) is 3.98. The quantitative estimate of drug-likeness (QED) is 0.778. The Hall–Kier alpha value is -1.67. The van der Waals surface area contributed by atoms with E-state index in [0.29, 0.717) is 0 Å². The van der Waals surface area contributed by atoms with Crippen molar-refractivity contribution in [2.75, 3.05) is 0 Å². The standard InChI is InChI=1S/C12H11NO/c14-9-11-8-13-7-6-12(11)10-4-2-1-3-5-10/h1-8,14H,9H2. The predicted molar refractivity (Wildman–Crippen MR) is 55.6 cm³/mol. The third-order valence-corrected chi connectivity index (χ3v) is 2.16. The molecule has 2 heteroatoms. The normalized spacial score (nSPS) is 10.1. The maximum Gasteiger partial charge on any atom is 0.0702 e. The van der Waals surface area contributed by atoms with Crippen molar-refractivity contribution in [2.45, 2.75) is 6.61 Å². The zero-order chi connectivity index (χ0) is 9.80. The molecule has 0 amide bonds. The summed E-state index contributed by atoms with van der Waals surface area (Å²) in [5.41, 5.74) is 3.01. The highest BCUT2D eigenvalue weighted by atomic mass is 16.3. The number of aromatic nitrogens is 1. The number of nitrogens with zero attached hydrogens (tertiary/aromatic N) is 1. The largest absolute Gasteiger partial charge is 0.392 e. The molecule has 0 radical (unpaired) electrons. The van der Waals surface area contributed by atoms with Crippen LogP contribution in [-0.4, -0.2) is 10.1 Å². The molecule has 1 heterocycles. The van der Waals surface area contributed by atoms with Crippen LogP contribution in [0.1, 0.15) is 5.56 Å². The number of hydrogen-bond donors (Lipinski definition) is 1. The van der Waals surface area contributed by atoms with Gasteiger partial charge in [0.05, 0.1) is 6.61 Å². The molecule has 0 aliphatic heterocycles. The van der Waals surface area contributed by atoms with Gasteiger partial charge in [-0.25, -0.2) is 0 Å². The summed E-state index contributed by atoms with van der Waals surface area (Å²) in [5.74, 6) is 0. The Labute approximate surface area is 82.9 Å². The molecule has 0 spiro atoms. The molecule has 0 saturated carbocycles. The maximum atomic E-state index is 9.14. The van der Waals surface area contributed by atoms with E-state index in [1.54, 1.807) is 12.4 Å². The van der Waals surface area contributed by atoms with Gasteiger partial charge in [0.2, 0.25) is 0 Å². The van der Waals surface area contributed by atoms with Gasteiger partial charge in [-0.2, -0.15) is 0 Å². The maximum absolute atomic E-state index is 9.14. The molecule has 0 unspecified atom stereocenters. The molecule has 2 rings (SSSR count). The van der Waals surface area contributed by atoms with Gasteiger partial charge < -0.3 is 5.11 Å². The lowest BCUT2D eigenvalue weighted by atomic mass is 10.0. The fraction of sp³-hybridized carbons (Fsp3) is 0.0833. The first-order chi connectivity index (χ1) is 6.92. The number of aliphatic hydroxyl groups is 1. The molecule has 70 valence electrons. The van der Waals surface area contributed by atoms with E-state index in [4.69, 9.17) is 5.11 Å². The first-order valence-corrected chi connectivity index (χ1v) is 4.51. The molecule has 2 aromatic rings. The van der Waals surface area contributed by atoms with Crippen LogP contribution in [0.3, 0.4) is 0 Å². The Morgan fingerprint density at radius 3 is 2.57 bits per heavy atom. The molecule has 2 nitrogen and oxygen atoms in total. The highest BCUT2D eigenvalue weighted by molar-refractivity contribution is 5.66. The van der Waals surface area contributed by atoms with Crippen molar-refractivity contribution in [3.05, 3.63) is 54.4 Å². The molecule has 0 aliphatic carbocycles. The van der Waals surface area contributed by atoms with Crippen molar-refractivity contribution in [3.8, 4) is 11.1 Å². The Morgan fingerprint density at radius 2 is 1.86 bits per heavy atom. The van der Waals surface area contributed by atoms with E-state index in [-0.39, 0.29) is 6.61 Å². The third kappa shape index (κ3) is 1.65. The molecule has 1 aromatic heterocycles. The van der Waals surface area contributed by atoms with Crippen molar-refractivity contribution in [3.63, 3.8) is 0 Å². The number of rotatable bonds is 2. The molecule has 0 atom stereocenters. The van der Waals surface area contributed by atoms with Crippen molar-refractivity contribution in [1.82, 2.24) is 4.98 Å². The van der Waals surface area contributed by atoms with Crippen molar-refractivity contribution >= 4 is 0 Å². The first kappa shape index (κ1) is 8.91. The summed E-state index contributed by atoms with van der Waals surface area (Å²) in [7, 11) is 0. The van der Waals surface area contributed by atoms with Gasteiger partial charge >= 0.3 is 0 Å². The van der Waals surface area contributed by atoms with Gasteiger partial charge in [-0.15, -0.1) is 0 Å². The second-order valence-corrected chi connectivity index (χ2v) is 3.06. The Balaban J connectivity index is 2.51. The van der Waals surface area contributed by atoms with Crippen LogP contribution in [0.25, 0.3) is 11.1 Å². The van der Waals surface area contributed by atoms with Gasteiger partial charge in [0.1, 0.15) is 0 Å². The average Bonchev–Trinajstić information content (AvgIpc) is 2.30. The van der Waals surface area contributed by atoms with E-state index >= 15 is 0 Å². The molecule has 1 N–H and O–H groups in total. The fourth-order valence-electron chi connectivity index (χ4n) is 1.45. The minimum atomic E-state index is 0.0259. The Bertz CT molecular complexity index is 412. The Morgan fingerprint density at radius 1 is 1.07 bits per heavy atom.